The van der Waals surface area contributed by atoms with Crippen LogP contribution in [0.3, 0.4) is 0 Å². The molecule has 0 atom stereocenters. The largest absolute Gasteiger partial charge is 0.0870 e. The maximum absolute atomic E-state index is 3.34. The van der Waals surface area contributed by atoms with Crippen LogP contribution < -0.4 is 0 Å². The molecule has 0 heterocycles. The van der Waals surface area contributed by atoms with Crippen molar-refractivity contribution < 1.29 is 0 Å². The molecule has 0 aliphatic rings. The standard InChI is InChI=1S/C13H11/c1-2-5-11-8-9-12-6-3-4-7-13(12)10-11/h2-9H,1H3/b5-2-. The van der Waals surface area contributed by atoms with Crippen molar-refractivity contribution in [2.45, 2.75) is 6.92 Å². The van der Waals surface area contributed by atoms with Crippen LogP contribution in [0.1, 0.15) is 12.5 Å². The minimum Gasteiger partial charge on any atom is -0.0870 e. The van der Waals surface area contributed by atoms with Gasteiger partial charge in [-0.25, -0.2) is 0 Å². The average Bonchev–Trinajstić information content (AvgIpc) is 2.18. The van der Waals surface area contributed by atoms with Crippen LogP contribution in [0.25, 0.3) is 16.8 Å². The second kappa shape index (κ2) is 3.44. The highest BCUT2D eigenvalue weighted by atomic mass is 14.0. The summed E-state index contributed by atoms with van der Waals surface area (Å²) >= 11 is 0. The van der Waals surface area contributed by atoms with Crippen LogP contribution in [0, 0.1) is 6.07 Å². The second-order valence-corrected chi connectivity index (χ2v) is 3.00. The van der Waals surface area contributed by atoms with Gasteiger partial charge in [-0.2, -0.15) is 0 Å². The summed E-state index contributed by atoms with van der Waals surface area (Å²) < 4.78 is 0. The van der Waals surface area contributed by atoms with E-state index in [0.29, 0.717) is 0 Å². The Bertz CT molecular complexity index is 438. The lowest BCUT2D eigenvalue weighted by atomic mass is 10.1. The molecule has 0 heteroatoms. The van der Waals surface area contributed by atoms with Crippen LogP contribution in [0.5, 0.6) is 0 Å². The number of hydrogen-bond donors (Lipinski definition) is 0. The predicted octanol–water partition coefficient (Wildman–Crippen LogP) is 3.67. The highest BCUT2D eigenvalue weighted by Gasteiger charge is 1.92. The van der Waals surface area contributed by atoms with Gasteiger partial charge in [0.05, 0.1) is 0 Å². The number of benzene rings is 2. The maximum Gasteiger partial charge on any atom is -0.00207 e. The summed E-state index contributed by atoms with van der Waals surface area (Å²) in [6.45, 7) is 2.02. The molecule has 13 heavy (non-hydrogen) atoms. The van der Waals surface area contributed by atoms with Gasteiger partial charge in [0.25, 0.3) is 0 Å². The summed E-state index contributed by atoms with van der Waals surface area (Å²) in [7, 11) is 0. The molecule has 63 valence electrons. The van der Waals surface area contributed by atoms with Crippen molar-refractivity contribution in [1.29, 1.82) is 0 Å². The van der Waals surface area contributed by atoms with Crippen molar-refractivity contribution in [2.75, 3.05) is 0 Å². The smallest absolute Gasteiger partial charge is 0.00207 e. The van der Waals surface area contributed by atoms with Gasteiger partial charge in [-0.05, 0) is 29.3 Å². The fourth-order valence-electron chi connectivity index (χ4n) is 1.41. The summed E-state index contributed by atoms with van der Waals surface area (Å²) in [5.41, 5.74) is 1.14. The Morgan fingerprint density at radius 1 is 1.08 bits per heavy atom. The van der Waals surface area contributed by atoms with Crippen LogP contribution in [0.2, 0.25) is 0 Å². The molecule has 0 N–H and O–H groups in total. The van der Waals surface area contributed by atoms with E-state index in [2.05, 4.69) is 36.4 Å². The summed E-state index contributed by atoms with van der Waals surface area (Å²) in [5.74, 6) is 0. The van der Waals surface area contributed by atoms with Crippen LogP contribution in [-0.2, 0) is 0 Å². The Balaban J connectivity index is 2.62. The highest BCUT2D eigenvalue weighted by Crippen LogP contribution is 2.15. The predicted molar refractivity (Wildman–Crippen MR) is 57.5 cm³/mol. The topological polar surface area (TPSA) is 0 Å². The molecule has 0 bridgehead atoms. The second-order valence-electron chi connectivity index (χ2n) is 3.00. The molecule has 0 unspecified atom stereocenters. The third-order valence-corrected chi connectivity index (χ3v) is 2.03. The molecule has 0 aromatic heterocycles. The first-order valence-electron chi connectivity index (χ1n) is 4.44. The van der Waals surface area contributed by atoms with Gasteiger partial charge in [0.1, 0.15) is 0 Å². The monoisotopic (exact) mass is 167 g/mol. The highest BCUT2D eigenvalue weighted by molar-refractivity contribution is 5.83. The van der Waals surface area contributed by atoms with E-state index in [0.717, 1.165) is 5.56 Å². The molecule has 0 saturated heterocycles. The first-order chi connectivity index (χ1) is 6.40. The Kier molecular flexibility index (Phi) is 2.13. The van der Waals surface area contributed by atoms with Gasteiger partial charge in [0.2, 0.25) is 0 Å². The van der Waals surface area contributed by atoms with Gasteiger partial charge in [-0.3, -0.25) is 0 Å². The van der Waals surface area contributed by atoms with E-state index in [9.17, 15) is 0 Å². The SMILES string of the molecule is C/C=C\c1[c]c2ccccc2cc1. The van der Waals surface area contributed by atoms with Crippen molar-refractivity contribution >= 4 is 16.8 Å². The Hall–Kier alpha value is -1.56. The molecule has 0 spiro atoms. The average molecular weight is 167 g/mol. The van der Waals surface area contributed by atoms with Crippen LogP contribution in [0.15, 0.2) is 42.5 Å². The van der Waals surface area contributed by atoms with E-state index in [1.165, 1.54) is 10.8 Å². The first-order valence-corrected chi connectivity index (χ1v) is 4.44. The summed E-state index contributed by atoms with van der Waals surface area (Å²) in [4.78, 5) is 0. The van der Waals surface area contributed by atoms with Crippen LogP contribution in [0.4, 0.5) is 0 Å². The fourth-order valence-corrected chi connectivity index (χ4v) is 1.41. The summed E-state index contributed by atoms with van der Waals surface area (Å²) in [6, 6.07) is 15.8. The van der Waals surface area contributed by atoms with Gasteiger partial charge < -0.3 is 0 Å². The van der Waals surface area contributed by atoms with Crippen molar-refractivity contribution in [3.63, 3.8) is 0 Å². The van der Waals surface area contributed by atoms with E-state index in [1.54, 1.807) is 0 Å². The third-order valence-electron chi connectivity index (χ3n) is 2.03. The lowest BCUT2D eigenvalue weighted by Crippen LogP contribution is -1.75. The lowest BCUT2D eigenvalue weighted by Gasteiger charge is -1.97. The molecule has 2 rings (SSSR count). The molecule has 2 aromatic rings. The normalized spacial score (nSPS) is 11.2. The zero-order valence-corrected chi connectivity index (χ0v) is 7.62. The molecular weight excluding hydrogens is 156 g/mol. The number of fused-ring (bicyclic) bond motifs is 1. The van der Waals surface area contributed by atoms with E-state index < -0.39 is 0 Å². The summed E-state index contributed by atoms with van der Waals surface area (Å²) in [6.07, 6.45) is 4.09. The molecule has 0 aliphatic carbocycles. The maximum atomic E-state index is 3.34. The van der Waals surface area contributed by atoms with E-state index >= 15 is 0 Å². The van der Waals surface area contributed by atoms with Crippen molar-refractivity contribution in [2.24, 2.45) is 0 Å². The Labute approximate surface area is 78.5 Å². The van der Waals surface area contributed by atoms with E-state index in [-0.39, 0.29) is 0 Å². The molecular formula is C13H11. The molecule has 0 saturated carbocycles. The summed E-state index contributed by atoms with van der Waals surface area (Å²) in [5, 5.41) is 2.42. The number of allylic oxidation sites excluding steroid dienone is 1. The van der Waals surface area contributed by atoms with Gasteiger partial charge >= 0.3 is 0 Å². The van der Waals surface area contributed by atoms with Crippen molar-refractivity contribution in [3.05, 3.63) is 54.1 Å². The zero-order chi connectivity index (χ0) is 9.10. The van der Waals surface area contributed by atoms with E-state index in [1.807, 2.05) is 25.1 Å². The van der Waals surface area contributed by atoms with Gasteiger partial charge in [0.15, 0.2) is 0 Å². The minimum absolute atomic E-state index is 1.14. The van der Waals surface area contributed by atoms with Gasteiger partial charge in [-0.1, -0.05) is 48.6 Å². The van der Waals surface area contributed by atoms with Crippen LogP contribution in [-0.4, -0.2) is 0 Å². The van der Waals surface area contributed by atoms with Crippen molar-refractivity contribution in [3.8, 4) is 0 Å². The zero-order valence-electron chi connectivity index (χ0n) is 7.62. The molecule has 0 fully saturated rings. The molecule has 0 amide bonds. The van der Waals surface area contributed by atoms with Gasteiger partial charge in [0, 0.05) is 0 Å². The van der Waals surface area contributed by atoms with E-state index in [4.69, 9.17) is 0 Å². The Morgan fingerprint density at radius 3 is 2.77 bits per heavy atom. The number of rotatable bonds is 1. The molecule has 2 aromatic carbocycles. The Morgan fingerprint density at radius 2 is 1.92 bits per heavy atom. The molecule has 1 radical (unpaired) electrons. The molecule has 0 nitrogen and oxygen atoms in total. The fraction of sp³-hybridized carbons (Fsp3) is 0.0769. The van der Waals surface area contributed by atoms with Crippen LogP contribution >= 0.6 is 0 Å². The quantitative estimate of drug-likeness (QED) is 0.607. The molecule has 0 aliphatic heterocycles. The lowest BCUT2D eigenvalue weighted by molar-refractivity contribution is 1.67. The third kappa shape index (κ3) is 1.62. The van der Waals surface area contributed by atoms with Gasteiger partial charge in [-0.15, -0.1) is 0 Å². The first kappa shape index (κ1) is 8.06. The van der Waals surface area contributed by atoms with Crippen molar-refractivity contribution in [1.82, 2.24) is 0 Å². The minimum atomic E-state index is 1.14. The number of hydrogen-bond acceptors (Lipinski definition) is 0.